The Morgan fingerprint density at radius 3 is 1.93 bits per heavy atom. The second kappa shape index (κ2) is 17.9. The number of rotatable bonds is 5. The normalized spacial score (nSPS) is 11.9. The Morgan fingerprint density at radius 1 is 0.695 bits per heavy atom. The minimum Gasteiger partial charge on any atom is -0.494 e. The largest absolute Gasteiger partial charge is 0.494 e. The number of aromatic amines is 1. The molecule has 12 nitrogen and oxygen atoms in total. The zero-order valence-corrected chi connectivity index (χ0v) is 34.6. The highest BCUT2D eigenvalue weighted by Gasteiger charge is 2.36. The molecule has 5 aromatic carbocycles. The Labute approximate surface area is 349 Å². The van der Waals surface area contributed by atoms with Crippen molar-refractivity contribution in [1.82, 2.24) is 18.3 Å². The lowest BCUT2D eigenvalue weighted by molar-refractivity contribution is 0.0926. The van der Waals surface area contributed by atoms with E-state index in [9.17, 15) is 27.6 Å². The van der Waals surface area contributed by atoms with Gasteiger partial charge < -0.3 is 4.74 Å². The van der Waals surface area contributed by atoms with E-state index >= 15 is 0 Å². The van der Waals surface area contributed by atoms with Crippen molar-refractivity contribution in [2.24, 2.45) is 0 Å². The number of imide groups is 1. The van der Waals surface area contributed by atoms with Crippen LogP contribution in [0.4, 0.5) is 5.69 Å². The van der Waals surface area contributed by atoms with Gasteiger partial charge in [0.1, 0.15) is 10.6 Å². The third kappa shape index (κ3) is 9.10. The molecule has 0 atom stereocenters. The molecule has 5 heterocycles. The van der Waals surface area contributed by atoms with Crippen LogP contribution in [0.5, 0.6) is 5.75 Å². The number of pyridine rings is 1. The van der Waals surface area contributed by atoms with Crippen LogP contribution in [0, 0.1) is 0 Å². The molecule has 16 heteroatoms. The van der Waals surface area contributed by atoms with E-state index in [-0.39, 0.29) is 27.3 Å². The molecule has 1 aliphatic rings. The van der Waals surface area contributed by atoms with Crippen molar-refractivity contribution in [3.8, 4) is 11.4 Å². The fraction of sp³-hybridized carbons (Fsp3) is 0.0698. The van der Waals surface area contributed by atoms with Gasteiger partial charge >= 0.3 is 0 Å². The molecule has 296 valence electrons. The molecule has 59 heavy (non-hydrogen) atoms. The van der Waals surface area contributed by atoms with Gasteiger partial charge in [0, 0.05) is 12.5 Å². The number of amides is 2. The summed E-state index contributed by atoms with van der Waals surface area (Å²) in [7, 11) is -3.22. The van der Waals surface area contributed by atoms with Gasteiger partial charge in [0.15, 0.2) is 0 Å². The number of ether oxygens (including phenoxy) is 1. The monoisotopic (exact) mass is 859 g/mol. The number of aromatic nitrogens is 4. The standard InChI is InChI=1S/C14H9NO2.C13H9NOS.C10H11NO3S2.C6H4N2OS/c16-13-11-8-4-5-9-12(11)14(17)15(13)10-6-2-1-3-7-10;15-13-11-8-4-5-9-12(11)16-14(13)10-6-2-1-3-7-10;1-3-14-7-4-5-8-9(6-7)15-10(11-8)16(2,12)13;9-5-4-2-1-3-7-6(4)10-8-5/h1-9H;1-9H;4-6H,3H2,1-2H3;1-3H,(H,8,9). The Morgan fingerprint density at radius 2 is 1.31 bits per heavy atom. The lowest BCUT2D eigenvalue weighted by atomic mass is 10.1. The van der Waals surface area contributed by atoms with E-state index in [0.717, 1.165) is 37.3 Å². The average molecular weight is 860 g/mol. The quantitative estimate of drug-likeness (QED) is 0.167. The Bertz CT molecular complexity index is 3120. The van der Waals surface area contributed by atoms with Crippen molar-refractivity contribution in [1.29, 1.82) is 0 Å². The van der Waals surface area contributed by atoms with Crippen molar-refractivity contribution >= 4 is 92.3 Å². The summed E-state index contributed by atoms with van der Waals surface area (Å²) >= 11 is 3.91. The molecule has 0 aliphatic carbocycles. The molecule has 0 saturated carbocycles. The number of fused-ring (bicyclic) bond motifs is 4. The highest BCUT2D eigenvalue weighted by atomic mass is 32.2. The van der Waals surface area contributed by atoms with Crippen molar-refractivity contribution in [2.45, 2.75) is 11.3 Å². The summed E-state index contributed by atoms with van der Waals surface area (Å²) in [4.78, 5) is 57.3. The fourth-order valence-electron chi connectivity index (χ4n) is 5.80. The molecule has 4 aromatic heterocycles. The highest BCUT2D eigenvalue weighted by molar-refractivity contribution is 7.92. The maximum absolute atomic E-state index is 12.1. The summed E-state index contributed by atoms with van der Waals surface area (Å²) in [5.41, 5.74) is 3.18. The number of thiazole rings is 1. The number of hydrogen-bond donors (Lipinski definition) is 1. The first kappa shape index (κ1) is 40.6. The Kier molecular flexibility index (Phi) is 12.3. The van der Waals surface area contributed by atoms with E-state index in [1.54, 1.807) is 82.9 Å². The predicted molar refractivity (Wildman–Crippen MR) is 236 cm³/mol. The first-order valence-corrected chi connectivity index (χ1v) is 22.2. The zero-order chi connectivity index (χ0) is 41.5. The van der Waals surface area contributed by atoms with Gasteiger partial charge in [-0.1, -0.05) is 72.2 Å². The minimum atomic E-state index is -3.22. The molecule has 0 radical (unpaired) electrons. The number of nitrogens with zero attached hydrogens (tertiary/aromatic N) is 4. The summed E-state index contributed by atoms with van der Waals surface area (Å²) in [5, 5.41) is 1.46. The molecule has 0 saturated heterocycles. The molecule has 0 unspecified atom stereocenters. The molecular weight excluding hydrogens is 827 g/mol. The van der Waals surface area contributed by atoms with Crippen LogP contribution in [0.3, 0.4) is 0 Å². The van der Waals surface area contributed by atoms with Crippen LogP contribution in [0.25, 0.3) is 36.2 Å². The molecule has 9 aromatic rings. The summed E-state index contributed by atoms with van der Waals surface area (Å²) in [6.45, 7) is 2.49. The Hall–Kier alpha value is -6.59. The number of carbonyl (C=O) groups is 2. The molecular formula is C43H33N5O7S4. The van der Waals surface area contributed by atoms with Gasteiger partial charge in [-0.05, 0) is 97.3 Å². The summed E-state index contributed by atoms with van der Waals surface area (Å²) in [6, 6.07) is 42.1. The maximum Gasteiger partial charge on any atom is 0.273 e. The molecule has 1 N–H and O–H groups in total. The van der Waals surface area contributed by atoms with E-state index in [2.05, 4.69) is 14.3 Å². The SMILES string of the molecule is CCOc1ccc2nc(S(C)(=O)=O)sc2c1.O=C1c2ccccc2C(=O)N1c1ccccc1.O=c1[nH]sc2ncccc12.O=c1c2ccccc2sn1-c1ccccc1. The minimum absolute atomic E-state index is 0.0481. The molecule has 0 spiro atoms. The summed E-state index contributed by atoms with van der Waals surface area (Å²) in [6.07, 6.45) is 2.83. The van der Waals surface area contributed by atoms with Crippen LogP contribution < -0.4 is 20.8 Å². The van der Waals surface area contributed by atoms with E-state index in [1.807, 2.05) is 73.7 Å². The van der Waals surface area contributed by atoms with E-state index < -0.39 is 9.84 Å². The maximum atomic E-state index is 12.1. The van der Waals surface area contributed by atoms with Crippen LogP contribution in [0.2, 0.25) is 0 Å². The van der Waals surface area contributed by atoms with Gasteiger partial charge in [0.2, 0.25) is 14.2 Å². The Balaban J connectivity index is 0.000000121. The number of nitrogens with one attached hydrogen (secondary N) is 1. The number of carbonyl (C=O) groups excluding carboxylic acids is 2. The number of H-pyrrole nitrogens is 1. The number of para-hydroxylation sites is 2. The van der Waals surface area contributed by atoms with Crippen LogP contribution in [-0.4, -0.2) is 51.4 Å². The molecule has 0 fully saturated rings. The summed E-state index contributed by atoms with van der Waals surface area (Å²) < 4.78 is 34.3. The zero-order valence-electron chi connectivity index (χ0n) is 31.3. The predicted octanol–water partition coefficient (Wildman–Crippen LogP) is 8.62. The smallest absolute Gasteiger partial charge is 0.273 e. The topological polar surface area (TPSA) is 161 Å². The van der Waals surface area contributed by atoms with Gasteiger partial charge in [-0.3, -0.25) is 23.6 Å². The fourth-order valence-corrected chi connectivity index (χ4v) is 9.35. The van der Waals surface area contributed by atoms with E-state index in [0.29, 0.717) is 34.3 Å². The third-order valence-electron chi connectivity index (χ3n) is 8.52. The number of anilines is 1. The first-order chi connectivity index (χ1) is 28.5. The van der Waals surface area contributed by atoms with Gasteiger partial charge in [-0.25, -0.2) is 27.2 Å². The van der Waals surface area contributed by atoms with Crippen molar-refractivity contribution in [3.63, 3.8) is 0 Å². The van der Waals surface area contributed by atoms with E-state index in [1.165, 1.54) is 39.3 Å². The molecule has 0 bridgehead atoms. The van der Waals surface area contributed by atoms with Crippen molar-refractivity contribution < 1.29 is 22.7 Å². The first-order valence-electron chi connectivity index (χ1n) is 17.9. The number of sulfone groups is 1. The van der Waals surface area contributed by atoms with Gasteiger partial charge in [0.25, 0.3) is 22.9 Å². The lowest BCUT2D eigenvalue weighted by Gasteiger charge is -2.13. The van der Waals surface area contributed by atoms with E-state index in [4.69, 9.17) is 4.74 Å². The second-order valence-corrected chi connectivity index (χ2v) is 17.6. The van der Waals surface area contributed by atoms with Crippen molar-refractivity contribution in [3.05, 3.63) is 178 Å². The average Bonchev–Trinajstić information content (AvgIpc) is 4.02. The molecule has 1 aliphatic heterocycles. The number of hydrogen-bond acceptors (Lipinski definition) is 12. The van der Waals surface area contributed by atoms with Crippen LogP contribution >= 0.6 is 34.4 Å². The van der Waals surface area contributed by atoms with Crippen LogP contribution in [0.15, 0.2) is 160 Å². The van der Waals surface area contributed by atoms with Gasteiger partial charge in [-0.15, -0.1) is 11.3 Å². The lowest BCUT2D eigenvalue weighted by Crippen LogP contribution is -2.29. The molecule has 10 rings (SSSR count). The highest BCUT2D eigenvalue weighted by Crippen LogP contribution is 2.29. The van der Waals surface area contributed by atoms with Gasteiger partial charge in [-0.2, -0.15) is 0 Å². The number of benzene rings is 5. The molecule has 2 amide bonds. The van der Waals surface area contributed by atoms with Crippen molar-refractivity contribution in [2.75, 3.05) is 17.8 Å². The summed E-state index contributed by atoms with van der Waals surface area (Å²) in [5.74, 6) is 0.229. The third-order valence-corrected chi connectivity index (χ3v) is 13.1. The van der Waals surface area contributed by atoms with Gasteiger partial charge in [0.05, 0.1) is 54.8 Å². The second-order valence-electron chi connectivity index (χ2n) is 12.6. The van der Waals surface area contributed by atoms with Crippen LogP contribution in [0.1, 0.15) is 27.6 Å². The van der Waals surface area contributed by atoms with Crippen LogP contribution in [-0.2, 0) is 9.84 Å².